The van der Waals surface area contributed by atoms with Crippen LogP contribution in [0.4, 0.5) is 34.1 Å². The highest BCUT2D eigenvalue weighted by Crippen LogP contribution is 2.51. The second-order valence-corrected chi connectivity index (χ2v) is 24.4. The van der Waals surface area contributed by atoms with Gasteiger partial charge in [0.2, 0.25) is 0 Å². The van der Waals surface area contributed by atoms with E-state index in [2.05, 4.69) is 298 Å². The Balaban J connectivity index is 0.733. The highest BCUT2D eigenvalue weighted by Gasteiger charge is 2.26. The van der Waals surface area contributed by atoms with Crippen molar-refractivity contribution in [3.05, 3.63) is 279 Å². The van der Waals surface area contributed by atoms with Crippen molar-refractivity contribution in [3.8, 4) is 22.3 Å². The molecule has 6 aromatic heterocycles. The third kappa shape index (κ3) is 6.41. The first-order valence-electron chi connectivity index (χ1n) is 28.7. The minimum absolute atomic E-state index is 1.12. The van der Waals surface area contributed by atoms with Crippen molar-refractivity contribution in [3.63, 3.8) is 0 Å². The fourth-order valence-corrected chi connectivity index (χ4v) is 16.8. The molecule has 0 aliphatic rings. The lowest BCUT2D eigenvalue weighted by Crippen LogP contribution is -2.09. The number of benzene rings is 13. The number of nitrogens with zero attached hydrogens (tertiary/aromatic N) is 4. The van der Waals surface area contributed by atoms with Crippen LogP contribution in [0, 0.1) is 0 Å². The summed E-state index contributed by atoms with van der Waals surface area (Å²) < 4.78 is 10.3. The topological polar surface area (TPSA) is 15.3 Å². The Morgan fingerprint density at radius 3 is 1.06 bits per heavy atom. The summed E-state index contributed by atoms with van der Waals surface area (Å²) in [6.07, 6.45) is 0. The lowest BCUT2D eigenvalue weighted by atomic mass is 9.97. The normalized spacial score (nSPS) is 12.3. The van der Waals surface area contributed by atoms with E-state index in [1.807, 2.05) is 22.7 Å². The molecule has 13 aromatic carbocycles. The number of hydrogen-bond acceptors (Lipinski definition) is 4. The van der Waals surface area contributed by atoms with E-state index >= 15 is 0 Å². The summed E-state index contributed by atoms with van der Waals surface area (Å²) in [5.74, 6) is 0. The summed E-state index contributed by atoms with van der Waals surface area (Å²) in [5, 5.41) is 15.4. The molecule has 0 bridgehead atoms. The second kappa shape index (κ2) is 17.5. The Labute approximate surface area is 490 Å². The molecule has 390 valence electrons. The fraction of sp³-hybridized carbons (Fsp3) is 0. The summed E-state index contributed by atoms with van der Waals surface area (Å²) >= 11 is 3.74. The molecule has 84 heavy (non-hydrogen) atoms. The van der Waals surface area contributed by atoms with E-state index in [4.69, 9.17) is 0 Å². The van der Waals surface area contributed by atoms with Crippen molar-refractivity contribution in [2.45, 2.75) is 0 Å². The van der Waals surface area contributed by atoms with Crippen molar-refractivity contribution >= 4 is 173 Å². The molecule has 0 saturated heterocycles. The van der Waals surface area contributed by atoms with Gasteiger partial charge in [-0.15, -0.1) is 22.7 Å². The zero-order valence-corrected chi connectivity index (χ0v) is 46.8. The van der Waals surface area contributed by atoms with Crippen LogP contribution in [0.1, 0.15) is 0 Å². The van der Waals surface area contributed by atoms with Crippen LogP contribution < -0.4 is 9.80 Å². The minimum Gasteiger partial charge on any atom is -0.309 e. The molecule has 0 aliphatic heterocycles. The van der Waals surface area contributed by atoms with Crippen molar-refractivity contribution < 1.29 is 0 Å². The van der Waals surface area contributed by atoms with E-state index in [0.717, 1.165) is 22.7 Å². The molecule has 0 atom stereocenters. The van der Waals surface area contributed by atoms with Crippen LogP contribution in [0.5, 0.6) is 0 Å². The first-order valence-corrected chi connectivity index (χ1v) is 30.4. The van der Waals surface area contributed by atoms with Crippen LogP contribution in [-0.2, 0) is 0 Å². The maximum Gasteiger partial charge on any atom is 0.0640 e. The van der Waals surface area contributed by atoms with E-state index in [1.165, 1.54) is 150 Å². The highest BCUT2D eigenvalue weighted by molar-refractivity contribution is 7.26. The molecule has 19 aromatic rings. The van der Waals surface area contributed by atoms with Gasteiger partial charge in [-0.2, -0.15) is 0 Å². The molecule has 0 aliphatic carbocycles. The predicted octanol–water partition coefficient (Wildman–Crippen LogP) is 23.0. The molecule has 0 fully saturated rings. The maximum absolute atomic E-state index is 2.55. The minimum atomic E-state index is 1.12. The Morgan fingerprint density at radius 2 is 0.607 bits per heavy atom. The van der Waals surface area contributed by atoms with Crippen LogP contribution in [0.3, 0.4) is 0 Å². The molecule has 19 rings (SSSR count). The molecule has 6 heteroatoms. The van der Waals surface area contributed by atoms with Crippen molar-refractivity contribution in [1.29, 1.82) is 0 Å². The van der Waals surface area contributed by atoms with Crippen molar-refractivity contribution in [2.24, 2.45) is 0 Å². The van der Waals surface area contributed by atoms with Gasteiger partial charge in [-0.25, -0.2) is 0 Å². The molecule has 0 N–H and O–H groups in total. The lowest BCUT2D eigenvalue weighted by Gasteiger charge is -2.26. The van der Waals surface area contributed by atoms with Gasteiger partial charge in [-0.05, 0) is 119 Å². The molecule has 0 spiro atoms. The fourth-order valence-electron chi connectivity index (χ4n) is 14.4. The lowest BCUT2D eigenvalue weighted by molar-refractivity contribution is 1.30. The monoisotopic (exact) mass is 1100 g/mol. The SMILES string of the molecule is c1ccc(N(c2ccc(-c3cccc4c3c3cccc5c6cc7c(cc6n4c53)c3cccc4c5c(-c6ccc(N(c8ccccc8)c8cccc9c8sc8ccccc89)cc6)cccc5n7c34)cc2)c2cccc3c2sc2ccccc23)cc1. The first kappa shape index (κ1) is 46.1. The maximum atomic E-state index is 2.55. The molecule has 4 nitrogen and oxygen atoms in total. The van der Waals surface area contributed by atoms with Gasteiger partial charge in [0, 0.05) is 96.8 Å². The van der Waals surface area contributed by atoms with Gasteiger partial charge >= 0.3 is 0 Å². The van der Waals surface area contributed by atoms with Gasteiger partial charge in [0.05, 0.1) is 53.9 Å². The number of thiophene rings is 2. The van der Waals surface area contributed by atoms with Crippen LogP contribution in [-0.4, -0.2) is 8.80 Å². The molecule has 0 saturated carbocycles. The van der Waals surface area contributed by atoms with Gasteiger partial charge in [0.15, 0.2) is 0 Å². The molecular weight excluding hydrogens is 1060 g/mol. The van der Waals surface area contributed by atoms with Gasteiger partial charge in [-0.3, -0.25) is 0 Å². The number of rotatable bonds is 8. The van der Waals surface area contributed by atoms with Crippen LogP contribution in [0.25, 0.3) is 139 Å². The summed E-state index contributed by atoms with van der Waals surface area (Å²) in [4.78, 5) is 4.83. The molecule has 0 radical (unpaired) electrons. The van der Waals surface area contributed by atoms with Crippen molar-refractivity contribution in [2.75, 3.05) is 9.80 Å². The predicted molar refractivity (Wildman–Crippen MR) is 362 cm³/mol. The van der Waals surface area contributed by atoms with Gasteiger partial charge < -0.3 is 18.6 Å². The number of para-hydroxylation sites is 4. The molecule has 0 unspecified atom stereocenters. The zero-order chi connectivity index (χ0) is 54.7. The second-order valence-electron chi connectivity index (χ2n) is 22.3. The average Bonchev–Trinajstić information content (AvgIpc) is 3.28. The van der Waals surface area contributed by atoms with E-state index in [9.17, 15) is 0 Å². The number of aromatic nitrogens is 2. The Hall–Kier alpha value is -10.5. The Morgan fingerprint density at radius 1 is 0.250 bits per heavy atom. The third-order valence-corrected chi connectivity index (χ3v) is 20.4. The van der Waals surface area contributed by atoms with Gasteiger partial charge in [0.1, 0.15) is 0 Å². The third-order valence-electron chi connectivity index (χ3n) is 18.0. The largest absolute Gasteiger partial charge is 0.309 e. The van der Waals surface area contributed by atoms with Crippen LogP contribution >= 0.6 is 22.7 Å². The summed E-state index contributed by atoms with van der Waals surface area (Å²) in [7, 11) is 0. The van der Waals surface area contributed by atoms with Gasteiger partial charge in [-0.1, -0.05) is 182 Å². The van der Waals surface area contributed by atoms with E-state index < -0.39 is 0 Å². The van der Waals surface area contributed by atoms with E-state index in [-0.39, 0.29) is 0 Å². The summed E-state index contributed by atoms with van der Waals surface area (Å²) in [6.45, 7) is 0. The van der Waals surface area contributed by atoms with Crippen LogP contribution in [0.2, 0.25) is 0 Å². The molecular formula is C78H46N4S2. The van der Waals surface area contributed by atoms with Gasteiger partial charge in [0.25, 0.3) is 0 Å². The number of hydrogen-bond donors (Lipinski definition) is 0. The standard InChI is InChI=1S/C78H46N4S2/c1-3-17-49(18-4-1)79(67-33-15-27-59-55-21-7-9-35-71(55)83-77(59)67)51-41-37-47(38-42-51)53-23-13-31-65-73(53)61-29-11-25-57-63-46-70-64(45-69(63)81(65)75(57)61)58-26-12-30-62-74-54(24-14-32-66(74)82(70)76(58)62)48-39-43-52(44-40-48)80(50-19-5-2-6-20-50)68-34-16-28-60-56-22-8-10-36-72(56)84-78(60)68/h1-46H. The van der Waals surface area contributed by atoms with Crippen LogP contribution in [0.15, 0.2) is 279 Å². The number of fused-ring (bicyclic) bond motifs is 18. The Bertz CT molecular complexity index is 5490. The summed E-state index contributed by atoms with van der Waals surface area (Å²) in [6, 6.07) is 104. The summed E-state index contributed by atoms with van der Waals surface area (Å²) in [5.41, 5.74) is 19.2. The van der Waals surface area contributed by atoms with E-state index in [0.29, 0.717) is 0 Å². The molecule has 6 heterocycles. The Kier molecular flexibility index (Phi) is 9.62. The van der Waals surface area contributed by atoms with Crippen molar-refractivity contribution in [1.82, 2.24) is 8.80 Å². The highest BCUT2D eigenvalue weighted by atomic mass is 32.1. The number of anilines is 6. The average molecular weight is 1100 g/mol. The quantitative estimate of drug-likeness (QED) is 0.151. The first-order chi connectivity index (χ1) is 41.7. The smallest absolute Gasteiger partial charge is 0.0640 e. The zero-order valence-electron chi connectivity index (χ0n) is 45.2. The molecule has 0 amide bonds. The van der Waals surface area contributed by atoms with E-state index in [1.54, 1.807) is 0 Å².